The Morgan fingerprint density at radius 3 is 2.56 bits per heavy atom. The van der Waals surface area contributed by atoms with Crippen LogP contribution in [0.5, 0.6) is 5.75 Å². The molecule has 12 heteroatoms. The van der Waals surface area contributed by atoms with Crippen molar-refractivity contribution in [1.82, 2.24) is 4.31 Å². The number of hydrogen-bond donors (Lipinski definition) is 2. The zero-order chi connectivity index (χ0) is 18.2. The van der Waals surface area contributed by atoms with Gasteiger partial charge in [0.15, 0.2) is 5.75 Å². The summed E-state index contributed by atoms with van der Waals surface area (Å²) in [5.74, 6) is -1.06. The molecule has 0 radical (unpaired) electrons. The molecule has 2 aliphatic heterocycles. The zero-order valence-corrected chi connectivity index (χ0v) is 14.8. The summed E-state index contributed by atoms with van der Waals surface area (Å²) in [5, 5.41) is 12.9. The number of nitrogens with zero attached hydrogens (tertiary/aromatic N) is 3. The molecule has 1 fully saturated rings. The first-order chi connectivity index (χ1) is 11.7. The molecular formula is C13H16N4O6S2. The Bertz CT molecular complexity index is 962. The number of aromatic hydroxyl groups is 1. The van der Waals surface area contributed by atoms with Crippen LogP contribution in [0.25, 0.3) is 0 Å². The molecule has 2 N–H and O–H groups in total. The predicted molar refractivity (Wildman–Crippen MR) is 90.5 cm³/mol. The molecule has 0 atom stereocenters. The van der Waals surface area contributed by atoms with E-state index in [1.54, 1.807) is 0 Å². The van der Waals surface area contributed by atoms with E-state index in [1.807, 2.05) is 0 Å². The third-order valence-electron chi connectivity index (χ3n) is 3.74. The van der Waals surface area contributed by atoms with Gasteiger partial charge < -0.3 is 15.2 Å². The second kappa shape index (κ2) is 6.28. The number of benzene rings is 1. The number of ether oxygens (including phenoxy) is 1. The monoisotopic (exact) mass is 388 g/mol. The van der Waals surface area contributed by atoms with Crippen LogP contribution in [-0.4, -0.2) is 58.2 Å². The van der Waals surface area contributed by atoms with Crippen LogP contribution in [0.2, 0.25) is 0 Å². The maximum atomic E-state index is 12.6. The van der Waals surface area contributed by atoms with Crippen LogP contribution in [0, 0.1) is 0 Å². The van der Waals surface area contributed by atoms with E-state index < -0.39 is 26.0 Å². The molecule has 1 aromatic carbocycles. The van der Waals surface area contributed by atoms with E-state index in [4.69, 9.17) is 4.74 Å². The second-order valence-corrected chi connectivity index (χ2v) is 8.54. The van der Waals surface area contributed by atoms with E-state index in [1.165, 1.54) is 29.6 Å². The summed E-state index contributed by atoms with van der Waals surface area (Å²) < 4.78 is 60.9. The van der Waals surface area contributed by atoms with Crippen molar-refractivity contribution in [1.29, 1.82) is 0 Å². The summed E-state index contributed by atoms with van der Waals surface area (Å²) in [6.07, 6.45) is 1.53. The number of nitrogens with one attached hydrogen (secondary N) is 1. The van der Waals surface area contributed by atoms with Gasteiger partial charge in [-0.1, -0.05) is 6.07 Å². The molecule has 10 nitrogen and oxygen atoms in total. The number of para-hydroxylation sites is 1. The van der Waals surface area contributed by atoms with Gasteiger partial charge >= 0.3 is 10.2 Å². The van der Waals surface area contributed by atoms with Gasteiger partial charge in [-0.3, -0.25) is 0 Å². The molecule has 2 heterocycles. The van der Waals surface area contributed by atoms with E-state index in [0.29, 0.717) is 13.1 Å². The molecule has 0 spiro atoms. The first-order valence-electron chi connectivity index (χ1n) is 7.33. The van der Waals surface area contributed by atoms with Crippen LogP contribution in [0.4, 0.5) is 5.69 Å². The lowest BCUT2D eigenvalue weighted by Crippen LogP contribution is -2.28. The molecule has 3 rings (SSSR count). The number of methoxy groups -OCH3 is 1. The van der Waals surface area contributed by atoms with E-state index in [9.17, 15) is 21.9 Å². The largest absolute Gasteiger partial charge is 0.504 e. The second-order valence-electron chi connectivity index (χ2n) is 5.38. The summed E-state index contributed by atoms with van der Waals surface area (Å²) in [7, 11) is -6.69. The standard InChI is InChI=1S/C13H16N4O6S2/c1-23-13-12(15-25(21,22)16-13)14-9-5-4-6-10(11(9)18)24(19,20)17-7-2-3-8-17/h4-6,18H,2-3,7-8H2,1H3,(H,14,15). The minimum Gasteiger partial charge on any atom is -0.504 e. The van der Waals surface area contributed by atoms with Crippen molar-refractivity contribution in [3.05, 3.63) is 18.2 Å². The molecule has 0 unspecified atom stereocenters. The van der Waals surface area contributed by atoms with Crippen molar-refractivity contribution >= 4 is 37.7 Å². The Labute approximate surface area is 145 Å². The lowest BCUT2D eigenvalue weighted by atomic mass is 10.3. The van der Waals surface area contributed by atoms with Gasteiger partial charge in [-0.2, -0.15) is 12.7 Å². The van der Waals surface area contributed by atoms with Gasteiger partial charge in [0.25, 0.3) is 5.90 Å². The number of phenolic OH excluding ortho intramolecular Hbond substituents is 1. The number of hydrogen-bond acceptors (Lipinski definition) is 7. The lowest BCUT2D eigenvalue weighted by Gasteiger charge is -2.18. The summed E-state index contributed by atoms with van der Waals surface area (Å²) in [6.45, 7) is 0.787. The predicted octanol–water partition coefficient (Wildman–Crippen LogP) is 0.290. The number of amidine groups is 1. The summed E-state index contributed by atoms with van der Waals surface area (Å²) in [5.41, 5.74) is -0.0270. The van der Waals surface area contributed by atoms with Crippen LogP contribution in [0.1, 0.15) is 12.8 Å². The van der Waals surface area contributed by atoms with Gasteiger partial charge in [0.2, 0.25) is 15.9 Å². The van der Waals surface area contributed by atoms with Crippen LogP contribution < -0.4 is 5.32 Å². The topological polar surface area (TPSA) is 138 Å². The minimum atomic E-state index is -4.06. The quantitative estimate of drug-likeness (QED) is 0.710. The fourth-order valence-electron chi connectivity index (χ4n) is 2.56. The highest BCUT2D eigenvalue weighted by Crippen LogP contribution is 2.34. The van der Waals surface area contributed by atoms with Crippen molar-refractivity contribution in [2.24, 2.45) is 8.80 Å². The highest BCUT2D eigenvalue weighted by Gasteiger charge is 2.31. The third-order valence-corrected chi connectivity index (χ3v) is 6.48. The van der Waals surface area contributed by atoms with Gasteiger partial charge in [0.05, 0.1) is 12.8 Å². The van der Waals surface area contributed by atoms with Crippen molar-refractivity contribution in [3.8, 4) is 5.75 Å². The zero-order valence-electron chi connectivity index (χ0n) is 13.2. The fraction of sp³-hybridized carbons (Fsp3) is 0.385. The Kier molecular flexibility index (Phi) is 4.43. The molecule has 0 aliphatic carbocycles. The van der Waals surface area contributed by atoms with Crippen LogP contribution in [0.15, 0.2) is 31.9 Å². The first-order valence-corrected chi connectivity index (χ1v) is 10.2. The number of phenols is 1. The van der Waals surface area contributed by atoms with Gasteiger partial charge in [0, 0.05) is 13.1 Å². The van der Waals surface area contributed by atoms with Crippen molar-refractivity contribution in [2.75, 3.05) is 25.5 Å². The fourth-order valence-corrected chi connectivity index (χ4v) is 4.95. The number of anilines is 1. The Morgan fingerprint density at radius 2 is 1.92 bits per heavy atom. The summed E-state index contributed by atoms with van der Waals surface area (Å²) in [4.78, 5) is -0.267. The van der Waals surface area contributed by atoms with E-state index in [2.05, 4.69) is 14.1 Å². The van der Waals surface area contributed by atoms with Gasteiger partial charge in [-0.05, 0) is 25.0 Å². The average Bonchev–Trinajstić information content (AvgIpc) is 3.17. The van der Waals surface area contributed by atoms with Crippen molar-refractivity contribution < 1.29 is 26.7 Å². The molecule has 0 bridgehead atoms. The van der Waals surface area contributed by atoms with Gasteiger partial charge in [-0.15, -0.1) is 8.80 Å². The van der Waals surface area contributed by atoms with Crippen molar-refractivity contribution in [2.45, 2.75) is 17.7 Å². The number of sulfonamides is 1. The Hall–Kier alpha value is -2.18. The lowest BCUT2D eigenvalue weighted by molar-refractivity contribution is 0.412. The van der Waals surface area contributed by atoms with Crippen molar-refractivity contribution in [3.63, 3.8) is 0 Å². The van der Waals surface area contributed by atoms with Gasteiger partial charge in [-0.25, -0.2) is 8.42 Å². The minimum absolute atomic E-state index is 0.0270. The normalized spacial score (nSPS) is 20.2. The van der Waals surface area contributed by atoms with Crippen LogP contribution >= 0.6 is 0 Å². The highest BCUT2D eigenvalue weighted by molar-refractivity contribution is 7.89. The first kappa shape index (κ1) is 17.6. The molecular weight excluding hydrogens is 372 g/mol. The molecule has 136 valence electrons. The summed E-state index contributed by atoms with van der Waals surface area (Å²) >= 11 is 0. The van der Waals surface area contributed by atoms with Crippen LogP contribution in [-0.2, 0) is 25.0 Å². The van der Waals surface area contributed by atoms with Gasteiger partial charge in [0.1, 0.15) is 4.90 Å². The third kappa shape index (κ3) is 3.32. The summed E-state index contributed by atoms with van der Waals surface area (Å²) in [6, 6.07) is 4.10. The SMILES string of the molecule is COC1=NS(=O)(=O)N=C1Nc1cccc(S(=O)(=O)N2CCCC2)c1O. The number of rotatable bonds is 3. The van der Waals surface area contributed by atoms with E-state index >= 15 is 0 Å². The molecule has 0 aromatic heterocycles. The average molecular weight is 388 g/mol. The molecule has 1 saturated heterocycles. The van der Waals surface area contributed by atoms with E-state index in [0.717, 1.165) is 12.8 Å². The molecule has 0 amide bonds. The van der Waals surface area contributed by atoms with Crippen LogP contribution in [0.3, 0.4) is 0 Å². The molecule has 2 aliphatic rings. The molecule has 25 heavy (non-hydrogen) atoms. The molecule has 1 aromatic rings. The maximum absolute atomic E-state index is 12.6. The van der Waals surface area contributed by atoms with E-state index in [-0.39, 0.29) is 22.3 Å². The maximum Gasteiger partial charge on any atom is 0.368 e. The molecule has 0 saturated carbocycles. The highest BCUT2D eigenvalue weighted by atomic mass is 32.2. The smallest absolute Gasteiger partial charge is 0.368 e. The Morgan fingerprint density at radius 1 is 1.24 bits per heavy atom. The Balaban J connectivity index is 1.97.